The average Bonchev–Trinajstić information content (AvgIpc) is 2.66. The Hall–Kier alpha value is -1.93. The van der Waals surface area contributed by atoms with Crippen LogP contribution in [0.5, 0.6) is 0 Å². The molecule has 1 aliphatic rings. The fourth-order valence-electron chi connectivity index (χ4n) is 3.85. The minimum Gasteiger partial charge on any atom is -0.298 e. The molecule has 1 aromatic heterocycles. The van der Waals surface area contributed by atoms with Crippen molar-refractivity contribution in [3.8, 4) is 0 Å². The molecule has 0 radical (unpaired) electrons. The molecule has 4 nitrogen and oxygen atoms in total. The number of alkyl halides is 3. The topological polar surface area (TPSA) is 50.3 Å². The largest absolute Gasteiger partial charge is 0.396 e. The number of aromatic nitrogens is 1. The van der Waals surface area contributed by atoms with Crippen LogP contribution in [0, 0.1) is 0 Å². The molecule has 0 bridgehead atoms. The van der Waals surface area contributed by atoms with Crippen LogP contribution < -0.4 is 0 Å². The van der Waals surface area contributed by atoms with Crippen LogP contribution in [-0.4, -0.2) is 49.6 Å². The molecule has 1 fully saturated rings. The van der Waals surface area contributed by atoms with E-state index >= 15 is 0 Å². The minimum atomic E-state index is -4.60. The van der Waals surface area contributed by atoms with E-state index in [1.54, 1.807) is 18.3 Å². The van der Waals surface area contributed by atoms with E-state index in [4.69, 9.17) is 0 Å². The first kappa shape index (κ1) is 21.8. The Balaban J connectivity index is 1.68. The lowest BCUT2D eigenvalue weighted by atomic mass is 9.93. The Morgan fingerprint density at radius 2 is 1.90 bits per heavy atom. The number of benzene rings is 1. The van der Waals surface area contributed by atoms with E-state index < -0.39 is 27.7 Å². The molecule has 2 aromatic rings. The number of hydrogen-bond acceptors (Lipinski definition) is 4. The molecule has 3 rings (SSSR count). The van der Waals surface area contributed by atoms with Crippen molar-refractivity contribution in [3.05, 3.63) is 65.5 Å². The summed E-state index contributed by atoms with van der Waals surface area (Å²) in [5, 5.41) is 0. The highest BCUT2D eigenvalue weighted by atomic mass is 32.2. The minimum absolute atomic E-state index is 0.0170. The Bertz CT molecular complexity index is 900. The highest BCUT2D eigenvalue weighted by Gasteiger charge is 2.42. The number of nitrogens with zero attached hydrogens (tertiary/aromatic N) is 2. The second-order valence-corrected chi connectivity index (χ2v) is 9.94. The van der Waals surface area contributed by atoms with E-state index in [-0.39, 0.29) is 5.56 Å². The smallest absolute Gasteiger partial charge is 0.298 e. The summed E-state index contributed by atoms with van der Waals surface area (Å²) < 4.78 is 62.9. The van der Waals surface area contributed by atoms with Crippen molar-refractivity contribution in [1.29, 1.82) is 0 Å². The van der Waals surface area contributed by atoms with E-state index in [0.29, 0.717) is 12.5 Å². The third kappa shape index (κ3) is 6.27. The lowest BCUT2D eigenvalue weighted by molar-refractivity contribution is -0.145. The Kier molecular flexibility index (Phi) is 6.63. The molecule has 2 heterocycles. The second-order valence-electron chi connectivity index (χ2n) is 7.76. The van der Waals surface area contributed by atoms with Crippen molar-refractivity contribution in [2.45, 2.75) is 37.4 Å². The van der Waals surface area contributed by atoms with Crippen molar-refractivity contribution >= 4 is 9.84 Å². The highest BCUT2D eigenvalue weighted by molar-refractivity contribution is 7.90. The van der Waals surface area contributed by atoms with Crippen LogP contribution in [0.3, 0.4) is 0 Å². The van der Waals surface area contributed by atoms with Gasteiger partial charge in [-0.25, -0.2) is 8.42 Å². The number of sulfone groups is 1. The molecule has 0 saturated carbocycles. The van der Waals surface area contributed by atoms with Gasteiger partial charge in [-0.3, -0.25) is 9.88 Å². The van der Waals surface area contributed by atoms with Crippen LogP contribution in [0.2, 0.25) is 0 Å². The molecule has 1 aromatic carbocycles. The van der Waals surface area contributed by atoms with E-state index in [2.05, 4.69) is 9.88 Å². The molecule has 1 aliphatic heterocycles. The maximum atomic E-state index is 13.3. The normalized spacial score (nSPS) is 19.8. The molecule has 29 heavy (non-hydrogen) atoms. The lowest BCUT2D eigenvalue weighted by Gasteiger charge is -2.32. The van der Waals surface area contributed by atoms with Gasteiger partial charge in [0.05, 0.1) is 11.7 Å². The number of halogens is 3. The summed E-state index contributed by atoms with van der Waals surface area (Å²) in [6, 6.07) is 12.0. The summed E-state index contributed by atoms with van der Waals surface area (Å²) in [4.78, 5) is 6.73. The molecule has 0 spiro atoms. The monoisotopic (exact) mass is 426 g/mol. The lowest BCUT2D eigenvalue weighted by Crippen LogP contribution is -2.34. The first-order valence-corrected chi connectivity index (χ1v) is 11.6. The van der Waals surface area contributed by atoms with Crippen molar-refractivity contribution in [3.63, 3.8) is 0 Å². The molecule has 158 valence electrons. The molecule has 0 aliphatic carbocycles. The molecular formula is C21H25F3N2O2S. The molecule has 1 unspecified atom stereocenters. The van der Waals surface area contributed by atoms with Crippen molar-refractivity contribution in [2.24, 2.45) is 0 Å². The third-order valence-electron chi connectivity index (χ3n) is 5.26. The zero-order valence-corrected chi connectivity index (χ0v) is 17.1. The highest BCUT2D eigenvalue weighted by Crippen LogP contribution is 2.36. The van der Waals surface area contributed by atoms with Gasteiger partial charge < -0.3 is 0 Å². The van der Waals surface area contributed by atoms with Crippen LogP contribution in [0.4, 0.5) is 13.2 Å². The standard InChI is InChI=1S/C21H25F3N2O2S/c1-29(27,28)15-19(21(22,23)24)17-9-7-16(8-10-17)13-26-12-4-5-18(14-26)20-6-2-3-11-25-20/h2-3,6-11,18-19H,4-5,12-15H2,1H3/t18?,19-/m0/s1. The van der Waals surface area contributed by atoms with Crippen molar-refractivity contribution in [2.75, 3.05) is 25.1 Å². The van der Waals surface area contributed by atoms with Gasteiger partial charge >= 0.3 is 6.18 Å². The summed E-state index contributed by atoms with van der Waals surface area (Å²) in [6.07, 6.45) is 0.136. The zero-order chi connectivity index (χ0) is 21.1. The fourth-order valence-corrected chi connectivity index (χ4v) is 4.84. The zero-order valence-electron chi connectivity index (χ0n) is 16.3. The predicted molar refractivity (Wildman–Crippen MR) is 106 cm³/mol. The van der Waals surface area contributed by atoms with Crippen molar-refractivity contribution < 1.29 is 21.6 Å². The first-order chi connectivity index (χ1) is 13.6. The SMILES string of the molecule is CS(=O)(=O)C[C@@H](c1ccc(CN2CCCC(c3ccccn3)C2)cc1)C(F)(F)F. The Morgan fingerprint density at radius 1 is 1.17 bits per heavy atom. The quantitative estimate of drug-likeness (QED) is 0.696. The van der Waals surface area contributed by atoms with Gasteiger partial charge in [-0.2, -0.15) is 13.2 Å². The van der Waals surface area contributed by atoms with Gasteiger partial charge in [0, 0.05) is 37.2 Å². The van der Waals surface area contributed by atoms with Gasteiger partial charge in [0.15, 0.2) is 0 Å². The summed E-state index contributed by atoms with van der Waals surface area (Å²) in [5.74, 6) is -2.59. The van der Waals surface area contributed by atoms with Crippen LogP contribution in [-0.2, 0) is 16.4 Å². The summed E-state index contributed by atoms with van der Waals surface area (Å²) >= 11 is 0. The summed E-state index contributed by atoms with van der Waals surface area (Å²) in [7, 11) is -3.75. The van der Waals surface area contributed by atoms with Crippen LogP contribution >= 0.6 is 0 Å². The average molecular weight is 427 g/mol. The van der Waals surface area contributed by atoms with Gasteiger partial charge in [0.2, 0.25) is 0 Å². The third-order valence-corrected chi connectivity index (χ3v) is 6.20. The van der Waals surface area contributed by atoms with Gasteiger partial charge in [-0.1, -0.05) is 30.3 Å². The molecule has 1 saturated heterocycles. The Labute approximate surface area is 169 Å². The number of pyridine rings is 1. The summed E-state index contributed by atoms with van der Waals surface area (Å²) in [5.41, 5.74) is 1.97. The van der Waals surface area contributed by atoms with E-state index in [1.807, 2.05) is 18.2 Å². The number of piperidine rings is 1. The van der Waals surface area contributed by atoms with Crippen LogP contribution in [0.15, 0.2) is 48.7 Å². The Morgan fingerprint density at radius 3 is 2.48 bits per heavy atom. The molecule has 2 atom stereocenters. The van der Waals surface area contributed by atoms with Gasteiger partial charge in [0.25, 0.3) is 0 Å². The van der Waals surface area contributed by atoms with E-state index in [9.17, 15) is 21.6 Å². The molecule has 0 N–H and O–H groups in total. The number of hydrogen-bond donors (Lipinski definition) is 0. The van der Waals surface area contributed by atoms with Gasteiger partial charge in [-0.05, 0) is 42.6 Å². The van der Waals surface area contributed by atoms with E-state index in [1.165, 1.54) is 12.1 Å². The molecule has 0 amide bonds. The summed E-state index contributed by atoms with van der Waals surface area (Å²) in [6.45, 7) is 2.44. The van der Waals surface area contributed by atoms with E-state index in [0.717, 1.165) is 43.4 Å². The molecule has 8 heteroatoms. The molecular weight excluding hydrogens is 401 g/mol. The first-order valence-electron chi connectivity index (χ1n) is 9.58. The fraction of sp³-hybridized carbons (Fsp3) is 0.476. The number of rotatable bonds is 6. The maximum Gasteiger partial charge on any atom is 0.396 e. The van der Waals surface area contributed by atoms with Crippen LogP contribution in [0.1, 0.15) is 41.5 Å². The predicted octanol–water partition coefficient (Wildman–Crippen LogP) is 4.15. The van der Waals surface area contributed by atoms with Gasteiger partial charge in [-0.15, -0.1) is 0 Å². The van der Waals surface area contributed by atoms with Crippen molar-refractivity contribution in [1.82, 2.24) is 9.88 Å². The number of likely N-dealkylation sites (tertiary alicyclic amines) is 1. The van der Waals surface area contributed by atoms with Crippen LogP contribution in [0.25, 0.3) is 0 Å². The van der Waals surface area contributed by atoms with Gasteiger partial charge in [0.1, 0.15) is 9.84 Å². The second kappa shape index (κ2) is 8.83. The maximum absolute atomic E-state index is 13.3.